The minimum Gasteiger partial charge on any atom is -0.488 e. The van der Waals surface area contributed by atoms with Crippen LogP contribution in [0.25, 0.3) is 10.9 Å². The topological polar surface area (TPSA) is 84.8 Å². The number of hydrogen-bond donors (Lipinski definition) is 1. The van der Waals surface area contributed by atoms with Crippen molar-refractivity contribution in [3.63, 3.8) is 0 Å². The van der Waals surface area contributed by atoms with Crippen molar-refractivity contribution in [2.45, 2.75) is 6.61 Å². The number of ether oxygens (including phenoxy) is 1. The van der Waals surface area contributed by atoms with Gasteiger partial charge in [-0.15, -0.1) is 0 Å². The van der Waals surface area contributed by atoms with Gasteiger partial charge in [-0.25, -0.2) is 4.98 Å². The lowest BCUT2D eigenvalue weighted by atomic mass is 10.1. The molecule has 5 heteroatoms. The zero-order valence-corrected chi connectivity index (χ0v) is 11.2. The Morgan fingerprint density at radius 2 is 1.90 bits per heavy atom. The van der Waals surface area contributed by atoms with Gasteiger partial charge in [0.2, 0.25) is 0 Å². The van der Waals surface area contributed by atoms with E-state index in [0.29, 0.717) is 22.6 Å². The van der Waals surface area contributed by atoms with Gasteiger partial charge in [0.15, 0.2) is 0 Å². The number of rotatable bonds is 3. The van der Waals surface area contributed by atoms with Crippen molar-refractivity contribution in [1.82, 2.24) is 9.97 Å². The third kappa shape index (κ3) is 2.47. The van der Waals surface area contributed by atoms with Crippen LogP contribution in [0.5, 0.6) is 5.75 Å². The van der Waals surface area contributed by atoms with E-state index in [0.717, 1.165) is 10.9 Å². The summed E-state index contributed by atoms with van der Waals surface area (Å²) in [7, 11) is 0. The summed E-state index contributed by atoms with van der Waals surface area (Å²) in [5, 5.41) is 9.88. The van der Waals surface area contributed by atoms with Gasteiger partial charge in [-0.3, -0.25) is 4.98 Å². The number of anilines is 1. The molecule has 0 spiro atoms. The summed E-state index contributed by atoms with van der Waals surface area (Å²) in [6.07, 6.45) is 3.28. The Bertz CT molecular complexity index is 839. The third-order valence-electron chi connectivity index (χ3n) is 3.14. The normalized spacial score (nSPS) is 10.2. The van der Waals surface area contributed by atoms with E-state index in [4.69, 9.17) is 15.7 Å². The maximum Gasteiger partial charge on any atom is 0.147 e. The van der Waals surface area contributed by atoms with Gasteiger partial charge < -0.3 is 10.5 Å². The summed E-state index contributed by atoms with van der Waals surface area (Å²) < 4.78 is 5.82. The van der Waals surface area contributed by atoms with Crippen molar-refractivity contribution in [3.05, 3.63) is 60.0 Å². The summed E-state index contributed by atoms with van der Waals surface area (Å²) >= 11 is 0. The van der Waals surface area contributed by atoms with Crippen LogP contribution in [-0.2, 0) is 6.61 Å². The first kappa shape index (κ1) is 12.9. The number of nitrogen functional groups attached to an aromatic ring is 1. The highest BCUT2D eigenvalue weighted by Crippen LogP contribution is 2.28. The number of hydrogen-bond acceptors (Lipinski definition) is 5. The molecule has 21 heavy (non-hydrogen) atoms. The molecule has 2 N–H and O–H groups in total. The van der Waals surface area contributed by atoms with Crippen molar-refractivity contribution in [2.24, 2.45) is 0 Å². The smallest absolute Gasteiger partial charge is 0.147 e. The summed E-state index contributed by atoms with van der Waals surface area (Å²) in [4.78, 5) is 8.27. The first-order valence-corrected chi connectivity index (χ1v) is 6.39. The minimum atomic E-state index is 0.268. The maximum absolute atomic E-state index is 9.03. The summed E-state index contributed by atoms with van der Waals surface area (Å²) in [6, 6.07) is 13.0. The van der Waals surface area contributed by atoms with Gasteiger partial charge >= 0.3 is 0 Å². The molecule has 0 saturated carbocycles. The van der Waals surface area contributed by atoms with Gasteiger partial charge in [0, 0.05) is 23.3 Å². The molecule has 5 nitrogen and oxygen atoms in total. The Kier molecular flexibility index (Phi) is 3.36. The molecule has 0 saturated heterocycles. The van der Waals surface area contributed by atoms with E-state index in [1.807, 2.05) is 24.3 Å². The highest BCUT2D eigenvalue weighted by atomic mass is 16.5. The lowest BCUT2D eigenvalue weighted by Gasteiger charge is -2.10. The fourth-order valence-corrected chi connectivity index (χ4v) is 2.11. The fraction of sp³-hybridized carbons (Fsp3) is 0.0625. The standard InChI is InChI=1S/C16H12N4O/c17-9-14-11(3-1-7-19-14)10-21-15-6-5-13(18)16-12(15)4-2-8-20-16/h1-8H,10,18H2. The quantitative estimate of drug-likeness (QED) is 0.743. The van der Waals surface area contributed by atoms with Crippen molar-refractivity contribution < 1.29 is 4.74 Å². The Balaban J connectivity index is 1.93. The van der Waals surface area contributed by atoms with Crippen LogP contribution < -0.4 is 10.5 Å². The first-order chi connectivity index (χ1) is 10.3. The molecule has 0 radical (unpaired) electrons. The second kappa shape index (κ2) is 5.47. The molecule has 0 bridgehead atoms. The fourth-order valence-electron chi connectivity index (χ4n) is 2.11. The molecular weight excluding hydrogens is 264 g/mol. The van der Waals surface area contributed by atoms with Gasteiger partial charge in [0.25, 0.3) is 0 Å². The van der Waals surface area contributed by atoms with Gasteiger partial charge in [-0.2, -0.15) is 5.26 Å². The molecule has 102 valence electrons. The van der Waals surface area contributed by atoms with E-state index < -0.39 is 0 Å². The predicted octanol–water partition coefficient (Wildman–Crippen LogP) is 2.66. The number of benzene rings is 1. The predicted molar refractivity (Wildman–Crippen MR) is 79.4 cm³/mol. The highest BCUT2D eigenvalue weighted by Gasteiger charge is 2.08. The molecule has 0 fully saturated rings. The number of fused-ring (bicyclic) bond motifs is 1. The summed E-state index contributed by atoms with van der Waals surface area (Å²) in [5.41, 5.74) is 8.34. The molecule has 0 amide bonds. The van der Waals surface area contributed by atoms with Gasteiger partial charge in [-0.1, -0.05) is 6.07 Å². The Labute approximate surface area is 121 Å². The molecule has 0 atom stereocenters. The van der Waals surface area contributed by atoms with Crippen LogP contribution >= 0.6 is 0 Å². The SMILES string of the molecule is N#Cc1ncccc1COc1ccc(N)c2ncccc12. The van der Waals surface area contributed by atoms with E-state index >= 15 is 0 Å². The maximum atomic E-state index is 9.03. The molecule has 2 heterocycles. The van der Waals surface area contributed by atoms with Gasteiger partial charge in [-0.05, 0) is 30.3 Å². The van der Waals surface area contributed by atoms with Gasteiger partial charge in [0.1, 0.15) is 24.1 Å². The largest absolute Gasteiger partial charge is 0.488 e. The van der Waals surface area contributed by atoms with Crippen LogP contribution in [0.4, 0.5) is 5.69 Å². The molecule has 0 aliphatic rings. The van der Waals surface area contributed by atoms with Crippen LogP contribution in [0.15, 0.2) is 48.8 Å². The Morgan fingerprint density at radius 1 is 1.10 bits per heavy atom. The highest BCUT2D eigenvalue weighted by molar-refractivity contribution is 5.93. The van der Waals surface area contributed by atoms with Crippen molar-refractivity contribution in [3.8, 4) is 11.8 Å². The molecule has 0 aliphatic carbocycles. The molecule has 0 unspecified atom stereocenters. The van der Waals surface area contributed by atoms with Crippen LogP contribution in [0, 0.1) is 11.3 Å². The number of aromatic nitrogens is 2. The third-order valence-corrected chi connectivity index (χ3v) is 3.14. The van der Waals surface area contributed by atoms with Crippen LogP contribution in [0.2, 0.25) is 0 Å². The molecule has 0 aliphatic heterocycles. The van der Waals surface area contributed by atoms with Crippen molar-refractivity contribution in [1.29, 1.82) is 5.26 Å². The Hall–Kier alpha value is -3.13. The first-order valence-electron chi connectivity index (χ1n) is 6.39. The molecule has 3 aromatic rings. The average molecular weight is 276 g/mol. The number of pyridine rings is 2. The van der Waals surface area contributed by atoms with E-state index in [1.54, 1.807) is 24.5 Å². The van der Waals surface area contributed by atoms with Crippen LogP contribution in [0.1, 0.15) is 11.3 Å². The minimum absolute atomic E-state index is 0.268. The van der Waals surface area contributed by atoms with Crippen LogP contribution in [0.3, 0.4) is 0 Å². The van der Waals surface area contributed by atoms with E-state index in [-0.39, 0.29) is 6.61 Å². The van der Waals surface area contributed by atoms with E-state index in [9.17, 15) is 0 Å². The number of nitriles is 1. The number of nitrogens with two attached hydrogens (primary N) is 1. The van der Waals surface area contributed by atoms with Crippen molar-refractivity contribution >= 4 is 16.6 Å². The molecule has 1 aromatic carbocycles. The second-order valence-electron chi connectivity index (χ2n) is 4.46. The molecule has 3 rings (SSSR count). The van der Waals surface area contributed by atoms with Gasteiger partial charge in [0.05, 0.1) is 11.2 Å². The summed E-state index contributed by atoms with van der Waals surface area (Å²) in [6.45, 7) is 0.268. The van der Waals surface area contributed by atoms with Crippen LogP contribution in [-0.4, -0.2) is 9.97 Å². The van der Waals surface area contributed by atoms with Crippen molar-refractivity contribution in [2.75, 3.05) is 5.73 Å². The average Bonchev–Trinajstić information content (AvgIpc) is 2.55. The molecular formula is C16H12N4O. The zero-order valence-electron chi connectivity index (χ0n) is 11.2. The summed E-state index contributed by atoms with van der Waals surface area (Å²) in [5.74, 6) is 0.681. The lowest BCUT2D eigenvalue weighted by molar-refractivity contribution is 0.309. The monoisotopic (exact) mass is 276 g/mol. The molecule has 2 aromatic heterocycles. The second-order valence-corrected chi connectivity index (χ2v) is 4.46. The lowest BCUT2D eigenvalue weighted by Crippen LogP contribution is -2.01. The number of nitrogens with zero attached hydrogens (tertiary/aromatic N) is 3. The Morgan fingerprint density at radius 3 is 2.76 bits per heavy atom. The zero-order chi connectivity index (χ0) is 14.7. The van der Waals surface area contributed by atoms with E-state index in [1.165, 1.54) is 0 Å². The van der Waals surface area contributed by atoms with E-state index in [2.05, 4.69) is 16.0 Å².